The van der Waals surface area contributed by atoms with E-state index in [-0.39, 0.29) is 17.7 Å². The Morgan fingerprint density at radius 1 is 1.39 bits per heavy atom. The Kier molecular flexibility index (Phi) is 2.29. The van der Waals surface area contributed by atoms with Gasteiger partial charge in [-0.05, 0) is 18.1 Å². The Morgan fingerprint density at radius 2 is 2.22 bits per heavy atom. The zero-order valence-electron chi connectivity index (χ0n) is 9.59. The largest absolute Gasteiger partial charge is 0.396 e. The van der Waals surface area contributed by atoms with E-state index in [2.05, 4.69) is 10.4 Å². The quantitative estimate of drug-likeness (QED) is 0.712. The first-order valence-electron chi connectivity index (χ1n) is 5.71. The number of aromatic nitrogens is 2. The summed E-state index contributed by atoms with van der Waals surface area (Å²) in [4.78, 5) is 22.9. The molecule has 0 saturated carbocycles. The van der Waals surface area contributed by atoms with Crippen molar-refractivity contribution < 1.29 is 9.59 Å². The van der Waals surface area contributed by atoms with Gasteiger partial charge in [-0.1, -0.05) is 6.07 Å². The minimum absolute atomic E-state index is 0.208. The first-order valence-corrected chi connectivity index (χ1v) is 5.71. The summed E-state index contributed by atoms with van der Waals surface area (Å²) in [6.45, 7) is 0. The molecular formula is C12H12N4O2. The predicted octanol–water partition coefficient (Wildman–Crippen LogP) is 0.437. The molecule has 3 rings (SSSR count). The van der Waals surface area contributed by atoms with E-state index in [0.717, 1.165) is 11.1 Å². The van der Waals surface area contributed by atoms with Crippen molar-refractivity contribution in [3.8, 4) is 0 Å². The van der Waals surface area contributed by atoms with Gasteiger partial charge in [-0.2, -0.15) is 5.10 Å². The van der Waals surface area contributed by atoms with Crippen molar-refractivity contribution in [2.45, 2.75) is 18.8 Å². The standard InChI is InChI=1S/C12H12N4O2/c13-9-5-14-16-6-7(1-3-10(9)16)8-2-4-11(17)15-12(8)18/h1,3,5-6,8H,2,4,13H2,(H,15,17,18). The number of nitrogens with one attached hydrogen (secondary N) is 1. The number of nitrogens with zero attached hydrogens (tertiary/aromatic N) is 2. The van der Waals surface area contributed by atoms with Gasteiger partial charge in [0.2, 0.25) is 11.8 Å². The molecule has 1 atom stereocenters. The Labute approximate surface area is 103 Å². The third-order valence-electron chi connectivity index (χ3n) is 3.21. The highest BCUT2D eigenvalue weighted by molar-refractivity contribution is 6.00. The maximum absolute atomic E-state index is 11.8. The number of rotatable bonds is 1. The Bertz CT molecular complexity index is 647. The van der Waals surface area contributed by atoms with E-state index in [9.17, 15) is 9.59 Å². The summed E-state index contributed by atoms with van der Waals surface area (Å²) in [5.41, 5.74) is 8.00. The normalized spacial score (nSPS) is 20.1. The molecule has 18 heavy (non-hydrogen) atoms. The molecule has 1 aliphatic rings. The smallest absolute Gasteiger partial charge is 0.234 e. The Balaban J connectivity index is 1.99. The van der Waals surface area contributed by atoms with Gasteiger partial charge in [-0.15, -0.1) is 0 Å². The first kappa shape index (κ1) is 10.8. The molecule has 6 heteroatoms. The topological polar surface area (TPSA) is 89.5 Å². The number of hydrogen-bond donors (Lipinski definition) is 2. The number of nitrogen functional groups attached to an aromatic ring is 1. The summed E-state index contributed by atoms with van der Waals surface area (Å²) in [5.74, 6) is -0.746. The number of carbonyl (C=O) groups is 2. The van der Waals surface area contributed by atoms with Gasteiger partial charge in [-0.25, -0.2) is 4.52 Å². The molecule has 1 aliphatic heterocycles. The van der Waals surface area contributed by atoms with Crippen molar-refractivity contribution in [2.75, 3.05) is 5.73 Å². The molecule has 2 aromatic rings. The molecule has 0 aliphatic carbocycles. The van der Waals surface area contributed by atoms with E-state index in [4.69, 9.17) is 5.73 Å². The highest BCUT2D eigenvalue weighted by Crippen LogP contribution is 2.25. The van der Waals surface area contributed by atoms with Crippen molar-refractivity contribution in [3.05, 3.63) is 30.1 Å². The molecule has 2 aromatic heterocycles. The van der Waals surface area contributed by atoms with Crippen LogP contribution in [-0.2, 0) is 9.59 Å². The summed E-state index contributed by atoms with van der Waals surface area (Å²) < 4.78 is 1.65. The lowest BCUT2D eigenvalue weighted by Crippen LogP contribution is -2.39. The van der Waals surface area contributed by atoms with E-state index >= 15 is 0 Å². The van der Waals surface area contributed by atoms with E-state index in [1.165, 1.54) is 0 Å². The minimum atomic E-state index is -0.294. The minimum Gasteiger partial charge on any atom is -0.396 e. The van der Waals surface area contributed by atoms with Crippen molar-refractivity contribution >= 4 is 23.0 Å². The van der Waals surface area contributed by atoms with Gasteiger partial charge in [-0.3, -0.25) is 14.9 Å². The monoisotopic (exact) mass is 244 g/mol. The highest BCUT2D eigenvalue weighted by atomic mass is 16.2. The van der Waals surface area contributed by atoms with Crippen molar-refractivity contribution in [1.82, 2.24) is 14.9 Å². The average molecular weight is 244 g/mol. The van der Waals surface area contributed by atoms with Crippen molar-refractivity contribution in [1.29, 1.82) is 0 Å². The van der Waals surface area contributed by atoms with Gasteiger partial charge in [0.15, 0.2) is 0 Å². The lowest BCUT2D eigenvalue weighted by molar-refractivity contribution is -0.134. The molecule has 3 heterocycles. The van der Waals surface area contributed by atoms with Crippen LogP contribution in [0.25, 0.3) is 5.52 Å². The van der Waals surface area contributed by atoms with Gasteiger partial charge >= 0.3 is 0 Å². The zero-order chi connectivity index (χ0) is 12.7. The van der Waals surface area contributed by atoms with E-state index in [1.807, 2.05) is 12.1 Å². The molecule has 2 amide bonds. The molecule has 3 N–H and O–H groups in total. The number of pyridine rings is 1. The number of anilines is 1. The van der Waals surface area contributed by atoms with Crippen LogP contribution in [0.15, 0.2) is 24.5 Å². The Morgan fingerprint density at radius 3 is 3.00 bits per heavy atom. The van der Waals surface area contributed by atoms with Crippen LogP contribution in [0.2, 0.25) is 0 Å². The molecule has 1 unspecified atom stereocenters. The average Bonchev–Trinajstić information content (AvgIpc) is 2.71. The summed E-state index contributed by atoms with van der Waals surface area (Å²) in [5, 5.41) is 6.46. The van der Waals surface area contributed by atoms with Crippen molar-refractivity contribution in [3.63, 3.8) is 0 Å². The zero-order valence-corrected chi connectivity index (χ0v) is 9.59. The highest BCUT2D eigenvalue weighted by Gasteiger charge is 2.28. The molecule has 0 bridgehead atoms. The maximum atomic E-state index is 11.8. The van der Waals surface area contributed by atoms with E-state index in [0.29, 0.717) is 18.5 Å². The molecule has 92 valence electrons. The number of hydrogen-bond acceptors (Lipinski definition) is 4. The number of fused-ring (bicyclic) bond motifs is 1. The van der Waals surface area contributed by atoms with Crippen LogP contribution >= 0.6 is 0 Å². The van der Waals surface area contributed by atoms with Crippen LogP contribution in [0.3, 0.4) is 0 Å². The maximum Gasteiger partial charge on any atom is 0.234 e. The van der Waals surface area contributed by atoms with Gasteiger partial charge in [0.05, 0.1) is 23.3 Å². The SMILES string of the molecule is Nc1cnn2cc(C3CCC(=O)NC3=O)ccc12. The molecule has 0 spiro atoms. The first-order chi connectivity index (χ1) is 8.65. The summed E-state index contributed by atoms with van der Waals surface area (Å²) >= 11 is 0. The van der Waals surface area contributed by atoms with Crippen LogP contribution in [0.1, 0.15) is 24.3 Å². The summed E-state index contributed by atoms with van der Waals surface area (Å²) in [7, 11) is 0. The Hall–Kier alpha value is -2.37. The van der Waals surface area contributed by atoms with Crippen molar-refractivity contribution in [2.24, 2.45) is 0 Å². The van der Waals surface area contributed by atoms with Gasteiger partial charge in [0.25, 0.3) is 0 Å². The van der Waals surface area contributed by atoms with Crippen LogP contribution in [0.5, 0.6) is 0 Å². The van der Waals surface area contributed by atoms with Crippen LogP contribution in [0.4, 0.5) is 5.69 Å². The van der Waals surface area contributed by atoms with E-state index in [1.54, 1.807) is 16.9 Å². The molecule has 6 nitrogen and oxygen atoms in total. The number of carbonyl (C=O) groups excluding carboxylic acids is 2. The molecular weight excluding hydrogens is 232 g/mol. The molecule has 1 saturated heterocycles. The number of piperidine rings is 1. The number of imide groups is 1. The van der Waals surface area contributed by atoms with E-state index < -0.39 is 0 Å². The second kappa shape index (κ2) is 3.83. The third kappa shape index (κ3) is 1.62. The third-order valence-corrected chi connectivity index (χ3v) is 3.21. The van der Waals surface area contributed by atoms with Crippen LogP contribution in [-0.4, -0.2) is 21.4 Å². The van der Waals surface area contributed by atoms with Crippen LogP contribution < -0.4 is 11.1 Å². The fourth-order valence-electron chi connectivity index (χ4n) is 2.24. The number of amides is 2. The lowest BCUT2D eigenvalue weighted by atomic mass is 9.91. The van der Waals surface area contributed by atoms with Crippen LogP contribution in [0, 0.1) is 0 Å². The van der Waals surface area contributed by atoms with Gasteiger partial charge in [0, 0.05) is 12.6 Å². The fraction of sp³-hybridized carbons (Fsp3) is 0.250. The molecule has 0 radical (unpaired) electrons. The number of nitrogens with two attached hydrogens (primary N) is 1. The van der Waals surface area contributed by atoms with Gasteiger partial charge < -0.3 is 5.73 Å². The second-order valence-electron chi connectivity index (χ2n) is 4.40. The summed E-state index contributed by atoms with van der Waals surface area (Å²) in [6.07, 6.45) is 4.26. The summed E-state index contributed by atoms with van der Waals surface area (Å²) in [6, 6.07) is 3.69. The second-order valence-corrected chi connectivity index (χ2v) is 4.40. The fourth-order valence-corrected chi connectivity index (χ4v) is 2.24. The molecule has 0 aromatic carbocycles. The van der Waals surface area contributed by atoms with Gasteiger partial charge in [0.1, 0.15) is 0 Å². The predicted molar refractivity (Wildman–Crippen MR) is 64.7 cm³/mol. The molecule has 1 fully saturated rings. The lowest BCUT2D eigenvalue weighted by Gasteiger charge is -2.20.